The Hall–Kier alpha value is 0.1000. The zero-order chi connectivity index (χ0) is 12.9. The number of hydrogen-bond acceptors (Lipinski definition) is 4. The number of anilines is 1. The molecule has 0 aromatic heterocycles. The molecule has 1 aromatic rings. The highest BCUT2D eigenvalue weighted by atomic mass is 79.9. The molecule has 0 saturated heterocycles. The number of hydrazine groups is 1. The summed E-state index contributed by atoms with van der Waals surface area (Å²) in [6.07, 6.45) is 0. The van der Waals surface area contributed by atoms with Crippen molar-refractivity contribution in [2.24, 2.45) is 5.84 Å². The van der Waals surface area contributed by atoms with Crippen LogP contribution in [0.1, 0.15) is 0 Å². The van der Waals surface area contributed by atoms with Crippen LogP contribution >= 0.6 is 63.7 Å². The summed E-state index contributed by atoms with van der Waals surface area (Å²) in [4.78, 5) is 8.36. The summed E-state index contributed by atoms with van der Waals surface area (Å²) in [7, 11) is 0. The number of nitrogens with one attached hydrogen (secondary N) is 1. The zero-order valence-corrected chi connectivity index (χ0v) is 13.7. The lowest BCUT2D eigenvalue weighted by atomic mass is 10.3. The Balaban J connectivity index is 0.000000487. The van der Waals surface area contributed by atoms with Gasteiger partial charge in [0.25, 0.3) is 5.09 Å². The van der Waals surface area contributed by atoms with Gasteiger partial charge >= 0.3 is 0 Å². The van der Waals surface area contributed by atoms with E-state index >= 15 is 0 Å². The van der Waals surface area contributed by atoms with Crippen LogP contribution in [-0.4, -0.2) is 10.3 Å². The fraction of sp³-hybridized carbons (Fsp3) is 0. The van der Waals surface area contributed by atoms with Gasteiger partial charge in [0.2, 0.25) is 0 Å². The third kappa shape index (κ3) is 4.95. The van der Waals surface area contributed by atoms with Crippen molar-refractivity contribution < 1.29 is 10.3 Å². The van der Waals surface area contributed by atoms with E-state index in [0.717, 1.165) is 23.6 Å². The number of rotatable bonds is 1. The van der Waals surface area contributed by atoms with Crippen LogP contribution in [0.4, 0.5) is 5.69 Å². The maximum Gasteiger partial charge on any atom is 0.291 e. The third-order valence-corrected chi connectivity index (χ3v) is 5.22. The molecule has 0 radical (unpaired) electrons. The Morgan fingerprint density at radius 2 is 1.56 bits per heavy atom. The van der Waals surface area contributed by atoms with Gasteiger partial charge in [-0.15, -0.1) is 10.1 Å². The van der Waals surface area contributed by atoms with Gasteiger partial charge in [0.15, 0.2) is 0 Å². The first-order valence-electron chi connectivity index (χ1n) is 3.44. The van der Waals surface area contributed by atoms with Gasteiger partial charge in [0.05, 0.1) is 14.6 Å². The third-order valence-electron chi connectivity index (χ3n) is 1.26. The first kappa shape index (κ1) is 16.1. The van der Waals surface area contributed by atoms with Gasteiger partial charge in [-0.1, -0.05) is 0 Å². The van der Waals surface area contributed by atoms with Crippen LogP contribution in [0.3, 0.4) is 0 Å². The summed E-state index contributed by atoms with van der Waals surface area (Å²) in [5, 5.41) is 13.6. The van der Waals surface area contributed by atoms with Gasteiger partial charge in [-0.05, 0) is 69.8 Å². The molecule has 4 N–H and O–H groups in total. The Kier molecular flexibility index (Phi) is 7.48. The fourth-order valence-corrected chi connectivity index (χ4v) is 2.98. The van der Waals surface area contributed by atoms with Crippen molar-refractivity contribution in [2.45, 2.75) is 0 Å². The predicted octanol–water partition coefficient (Wildman–Crippen LogP) is 3.67. The van der Waals surface area contributed by atoms with Crippen LogP contribution in [0.5, 0.6) is 0 Å². The zero-order valence-electron chi connectivity index (χ0n) is 7.38. The smallest absolute Gasteiger partial charge is 0.291 e. The topological polar surface area (TPSA) is 101 Å². The van der Waals surface area contributed by atoms with Crippen LogP contribution in [0.2, 0.25) is 0 Å². The van der Waals surface area contributed by atoms with Crippen LogP contribution < -0.4 is 11.3 Å². The average Bonchev–Trinajstić information content (AvgIpc) is 2.15. The minimum Gasteiger partial charge on any atom is -0.328 e. The molecule has 0 fully saturated rings. The lowest BCUT2D eigenvalue weighted by Crippen LogP contribution is -2.08. The highest BCUT2D eigenvalue weighted by Crippen LogP contribution is 2.40. The van der Waals surface area contributed by atoms with Crippen molar-refractivity contribution in [2.75, 3.05) is 5.43 Å². The second kappa shape index (κ2) is 7.43. The summed E-state index contributed by atoms with van der Waals surface area (Å²) in [6, 6.07) is 1.93. The molecule has 16 heavy (non-hydrogen) atoms. The van der Waals surface area contributed by atoms with E-state index in [0.29, 0.717) is 0 Å². The number of hydrogen-bond donors (Lipinski definition) is 3. The number of nitrogens with two attached hydrogens (primary N) is 1. The summed E-state index contributed by atoms with van der Waals surface area (Å²) in [6.45, 7) is 0. The standard InChI is InChI=1S/C6H4Br4N2.HNO3/c7-2-1-3(8)5(10)6(12-11)4(2)9;2-1(3)4/h1,12H,11H2;(H,2,3,4). The molecule has 0 bridgehead atoms. The number of nitrogen functional groups attached to an aromatic ring is 1. The highest BCUT2D eigenvalue weighted by molar-refractivity contribution is 9.14. The van der Waals surface area contributed by atoms with Gasteiger partial charge in [0, 0.05) is 8.95 Å². The molecule has 1 aromatic carbocycles. The number of benzene rings is 1. The van der Waals surface area contributed by atoms with Crippen molar-refractivity contribution in [3.8, 4) is 0 Å². The lowest BCUT2D eigenvalue weighted by Gasteiger charge is -2.09. The molecule has 0 atom stereocenters. The fourth-order valence-electron chi connectivity index (χ4n) is 0.700. The SMILES string of the molecule is NNc1c(Br)c(Br)cc(Br)c1Br.O=[N+]([O-])O. The van der Waals surface area contributed by atoms with Crippen molar-refractivity contribution >= 4 is 69.4 Å². The van der Waals surface area contributed by atoms with Gasteiger partial charge < -0.3 is 10.6 Å². The molecule has 0 amide bonds. The molecule has 0 unspecified atom stereocenters. The summed E-state index contributed by atoms with van der Waals surface area (Å²) in [5.41, 5.74) is 3.39. The number of nitrogens with zero attached hydrogens (tertiary/aromatic N) is 1. The predicted molar refractivity (Wildman–Crippen MR) is 73.8 cm³/mol. The molecule has 90 valence electrons. The minimum atomic E-state index is -1.50. The van der Waals surface area contributed by atoms with E-state index in [2.05, 4.69) is 69.1 Å². The maximum atomic E-state index is 8.36. The van der Waals surface area contributed by atoms with Gasteiger partial charge in [-0.3, -0.25) is 5.84 Å². The molecule has 6 nitrogen and oxygen atoms in total. The second-order valence-electron chi connectivity index (χ2n) is 2.23. The Morgan fingerprint density at radius 1 is 1.25 bits per heavy atom. The van der Waals surface area contributed by atoms with Gasteiger partial charge in [-0.2, -0.15) is 0 Å². The van der Waals surface area contributed by atoms with Crippen molar-refractivity contribution in [1.29, 1.82) is 0 Å². The largest absolute Gasteiger partial charge is 0.328 e. The normalized spacial score (nSPS) is 9.06. The molecular formula is C6H5Br4N3O3. The van der Waals surface area contributed by atoms with E-state index in [-0.39, 0.29) is 0 Å². The minimum absolute atomic E-state index is 0.802. The maximum absolute atomic E-state index is 8.36. The summed E-state index contributed by atoms with van der Waals surface area (Å²) < 4.78 is 3.65. The van der Waals surface area contributed by atoms with E-state index in [9.17, 15) is 0 Å². The molecular weight excluding hydrogens is 482 g/mol. The molecule has 0 aliphatic carbocycles. The molecule has 0 saturated carbocycles. The van der Waals surface area contributed by atoms with E-state index in [1.165, 1.54) is 0 Å². The first-order valence-corrected chi connectivity index (χ1v) is 6.61. The van der Waals surface area contributed by atoms with Crippen molar-refractivity contribution in [3.63, 3.8) is 0 Å². The Morgan fingerprint density at radius 3 is 1.81 bits per heavy atom. The monoisotopic (exact) mass is 483 g/mol. The van der Waals surface area contributed by atoms with Crippen molar-refractivity contribution in [1.82, 2.24) is 0 Å². The van der Waals surface area contributed by atoms with Crippen LogP contribution in [0.25, 0.3) is 0 Å². The second-order valence-corrected chi connectivity index (χ2v) is 5.52. The van der Waals surface area contributed by atoms with E-state index in [4.69, 9.17) is 21.2 Å². The molecule has 10 heteroatoms. The average molecular weight is 487 g/mol. The molecule has 0 aliphatic heterocycles. The Bertz CT molecular complexity index is 371. The summed E-state index contributed by atoms with van der Waals surface area (Å²) >= 11 is 13.5. The van der Waals surface area contributed by atoms with Gasteiger partial charge in [-0.25, -0.2) is 0 Å². The van der Waals surface area contributed by atoms with Crippen molar-refractivity contribution in [3.05, 3.63) is 34.1 Å². The van der Waals surface area contributed by atoms with E-state index < -0.39 is 5.09 Å². The number of halogens is 4. The Labute approximate surface area is 124 Å². The van der Waals surface area contributed by atoms with Crippen LogP contribution in [0, 0.1) is 10.1 Å². The van der Waals surface area contributed by atoms with Crippen LogP contribution in [0.15, 0.2) is 24.0 Å². The van der Waals surface area contributed by atoms with E-state index in [1.807, 2.05) is 6.07 Å². The lowest BCUT2D eigenvalue weighted by molar-refractivity contribution is -0.742. The molecule has 0 spiro atoms. The highest BCUT2D eigenvalue weighted by Gasteiger charge is 2.10. The van der Waals surface area contributed by atoms with E-state index in [1.54, 1.807) is 0 Å². The summed E-state index contributed by atoms with van der Waals surface area (Å²) in [5.74, 6) is 5.34. The first-order chi connectivity index (χ1) is 7.31. The van der Waals surface area contributed by atoms with Gasteiger partial charge in [0.1, 0.15) is 0 Å². The molecule has 1 rings (SSSR count). The quantitative estimate of drug-likeness (QED) is 0.243. The molecule has 0 aliphatic rings. The molecule has 0 heterocycles. The van der Waals surface area contributed by atoms with Crippen LogP contribution in [-0.2, 0) is 0 Å².